The number of nitrogens with two attached hydrogens (primary N) is 1. The molecule has 3 N–H and O–H groups in total. The molecule has 0 aliphatic rings. The fourth-order valence-corrected chi connectivity index (χ4v) is 1.88. The smallest absolute Gasteiger partial charge is 0.0968 e. The molecule has 0 bridgehead atoms. The molecule has 0 aliphatic carbocycles. The number of rotatable bonds is 3. The van der Waals surface area contributed by atoms with Crippen LogP contribution in [0.15, 0.2) is 18.2 Å². The number of fused-ring (bicyclic) bond motifs is 1. The van der Waals surface area contributed by atoms with E-state index in [4.69, 9.17) is 5.73 Å². The van der Waals surface area contributed by atoms with Crippen molar-refractivity contribution in [3.8, 4) is 0 Å². The van der Waals surface area contributed by atoms with Gasteiger partial charge in [-0.15, -0.1) is 0 Å². The Morgan fingerprint density at radius 3 is 2.87 bits per heavy atom. The molecule has 15 heavy (non-hydrogen) atoms. The zero-order valence-electron chi connectivity index (χ0n) is 9.25. The van der Waals surface area contributed by atoms with Gasteiger partial charge in [0, 0.05) is 17.6 Å². The SMILES string of the molecule is CC(C)Cc1[nH]nc2c(CN)cccc12. The van der Waals surface area contributed by atoms with Crippen molar-refractivity contribution in [2.45, 2.75) is 26.8 Å². The molecule has 0 amide bonds. The van der Waals surface area contributed by atoms with Gasteiger partial charge in [0.1, 0.15) is 0 Å². The molecule has 1 aromatic carbocycles. The summed E-state index contributed by atoms with van der Waals surface area (Å²) in [5.74, 6) is 0.634. The van der Waals surface area contributed by atoms with E-state index in [-0.39, 0.29) is 0 Å². The second-order valence-corrected chi connectivity index (χ2v) is 4.32. The summed E-state index contributed by atoms with van der Waals surface area (Å²) in [6.07, 6.45) is 1.03. The van der Waals surface area contributed by atoms with Crippen molar-refractivity contribution in [2.24, 2.45) is 11.7 Å². The van der Waals surface area contributed by atoms with Crippen LogP contribution < -0.4 is 5.73 Å². The fourth-order valence-electron chi connectivity index (χ4n) is 1.88. The Labute approximate surface area is 89.7 Å². The van der Waals surface area contributed by atoms with Crippen LogP contribution >= 0.6 is 0 Å². The molecule has 0 saturated carbocycles. The minimum absolute atomic E-state index is 0.545. The normalized spacial score (nSPS) is 11.5. The summed E-state index contributed by atoms with van der Waals surface area (Å²) in [5.41, 5.74) is 9.02. The van der Waals surface area contributed by atoms with Gasteiger partial charge in [-0.05, 0) is 17.9 Å². The van der Waals surface area contributed by atoms with Crippen molar-refractivity contribution in [1.29, 1.82) is 0 Å². The van der Waals surface area contributed by atoms with Crippen molar-refractivity contribution in [1.82, 2.24) is 10.2 Å². The Balaban J connectivity index is 2.51. The Hall–Kier alpha value is -1.35. The van der Waals surface area contributed by atoms with E-state index < -0.39 is 0 Å². The summed E-state index contributed by atoms with van der Waals surface area (Å²) in [5, 5.41) is 8.67. The molecule has 80 valence electrons. The Kier molecular flexibility index (Phi) is 2.73. The Morgan fingerprint density at radius 2 is 2.20 bits per heavy atom. The molecule has 0 saturated heterocycles. The second-order valence-electron chi connectivity index (χ2n) is 4.32. The molecule has 3 nitrogen and oxygen atoms in total. The van der Waals surface area contributed by atoms with Gasteiger partial charge >= 0.3 is 0 Å². The summed E-state index contributed by atoms with van der Waals surface area (Å²) < 4.78 is 0. The molecule has 1 aromatic heterocycles. The van der Waals surface area contributed by atoms with Gasteiger partial charge in [-0.1, -0.05) is 32.0 Å². The van der Waals surface area contributed by atoms with Gasteiger partial charge in [-0.2, -0.15) is 5.10 Å². The summed E-state index contributed by atoms with van der Waals surface area (Å²) >= 11 is 0. The van der Waals surface area contributed by atoms with Gasteiger partial charge in [0.15, 0.2) is 0 Å². The first-order chi connectivity index (χ1) is 7.22. The van der Waals surface area contributed by atoms with Crippen LogP contribution in [0.5, 0.6) is 0 Å². The molecule has 0 aliphatic heterocycles. The first-order valence-electron chi connectivity index (χ1n) is 5.37. The lowest BCUT2D eigenvalue weighted by Gasteiger charge is -2.02. The van der Waals surface area contributed by atoms with Gasteiger partial charge in [-0.25, -0.2) is 0 Å². The van der Waals surface area contributed by atoms with Crippen molar-refractivity contribution >= 4 is 10.9 Å². The highest BCUT2D eigenvalue weighted by Crippen LogP contribution is 2.21. The molecule has 0 radical (unpaired) electrons. The quantitative estimate of drug-likeness (QED) is 0.803. The van der Waals surface area contributed by atoms with Crippen LogP contribution in [-0.2, 0) is 13.0 Å². The van der Waals surface area contributed by atoms with Crippen LogP contribution in [-0.4, -0.2) is 10.2 Å². The van der Waals surface area contributed by atoms with Gasteiger partial charge < -0.3 is 5.73 Å². The maximum Gasteiger partial charge on any atom is 0.0968 e. The number of hydrogen-bond acceptors (Lipinski definition) is 2. The molecule has 1 heterocycles. The second kappa shape index (κ2) is 4.03. The third kappa shape index (κ3) is 1.88. The van der Waals surface area contributed by atoms with E-state index in [2.05, 4.69) is 30.1 Å². The van der Waals surface area contributed by atoms with Crippen LogP contribution in [0.1, 0.15) is 25.1 Å². The number of H-pyrrole nitrogens is 1. The van der Waals surface area contributed by atoms with Crippen molar-refractivity contribution in [2.75, 3.05) is 0 Å². The number of aromatic nitrogens is 2. The fraction of sp³-hybridized carbons (Fsp3) is 0.417. The summed E-state index contributed by atoms with van der Waals surface area (Å²) in [7, 11) is 0. The number of para-hydroxylation sites is 1. The lowest BCUT2D eigenvalue weighted by Crippen LogP contribution is -1.97. The maximum atomic E-state index is 5.67. The summed E-state index contributed by atoms with van der Waals surface area (Å²) in [6.45, 7) is 4.96. The lowest BCUT2D eigenvalue weighted by molar-refractivity contribution is 0.636. The minimum Gasteiger partial charge on any atom is -0.326 e. The van der Waals surface area contributed by atoms with Crippen LogP contribution in [0.2, 0.25) is 0 Å². The van der Waals surface area contributed by atoms with E-state index in [1.165, 1.54) is 11.1 Å². The van der Waals surface area contributed by atoms with Gasteiger partial charge in [0.05, 0.1) is 5.52 Å². The van der Waals surface area contributed by atoms with Crippen LogP contribution in [0.4, 0.5) is 0 Å². The van der Waals surface area contributed by atoms with E-state index in [1.807, 2.05) is 12.1 Å². The molecule has 0 unspecified atom stereocenters. The zero-order valence-corrected chi connectivity index (χ0v) is 9.25. The zero-order chi connectivity index (χ0) is 10.8. The van der Waals surface area contributed by atoms with Crippen LogP contribution in [0.25, 0.3) is 10.9 Å². The third-order valence-corrected chi connectivity index (χ3v) is 2.58. The third-order valence-electron chi connectivity index (χ3n) is 2.58. The highest BCUT2D eigenvalue weighted by atomic mass is 15.1. The first-order valence-corrected chi connectivity index (χ1v) is 5.37. The topological polar surface area (TPSA) is 54.7 Å². The van der Waals surface area contributed by atoms with Gasteiger partial charge in [0.2, 0.25) is 0 Å². The molecule has 2 rings (SSSR count). The Morgan fingerprint density at radius 1 is 1.40 bits per heavy atom. The van der Waals surface area contributed by atoms with Crippen molar-refractivity contribution < 1.29 is 0 Å². The highest BCUT2D eigenvalue weighted by molar-refractivity contribution is 5.84. The summed E-state index contributed by atoms with van der Waals surface area (Å²) in [4.78, 5) is 0. The largest absolute Gasteiger partial charge is 0.326 e. The number of nitrogens with one attached hydrogen (secondary N) is 1. The number of hydrogen-bond donors (Lipinski definition) is 2. The number of aromatic amines is 1. The molecule has 3 heteroatoms. The molecular formula is C12H17N3. The highest BCUT2D eigenvalue weighted by Gasteiger charge is 2.08. The van der Waals surface area contributed by atoms with Gasteiger partial charge in [0.25, 0.3) is 0 Å². The maximum absolute atomic E-state index is 5.67. The number of benzene rings is 1. The van der Waals surface area contributed by atoms with E-state index in [1.54, 1.807) is 0 Å². The first kappa shape index (κ1) is 10.2. The van der Waals surface area contributed by atoms with E-state index in [0.717, 1.165) is 17.5 Å². The summed E-state index contributed by atoms with van der Waals surface area (Å²) in [6, 6.07) is 6.18. The average molecular weight is 203 g/mol. The number of nitrogens with zero attached hydrogens (tertiary/aromatic N) is 1. The van der Waals surface area contributed by atoms with Crippen LogP contribution in [0.3, 0.4) is 0 Å². The van der Waals surface area contributed by atoms with Crippen molar-refractivity contribution in [3.05, 3.63) is 29.5 Å². The van der Waals surface area contributed by atoms with E-state index >= 15 is 0 Å². The molecular weight excluding hydrogens is 186 g/mol. The van der Waals surface area contributed by atoms with Gasteiger partial charge in [-0.3, -0.25) is 5.10 Å². The molecule has 0 spiro atoms. The standard InChI is InChI=1S/C12H17N3/c1-8(2)6-11-10-5-3-4-9(7-13)12(10)15-14-11/h3-5,8H,6-7,13H2,1-2H3,(H,14,15). The molecule has 2 aromatic rings. The average Bonchev–Trinajstić information content (AvgIpc) is 2.61. The lowest BCUT2D eigenvalue weighted by atomic mass is 10.0. The minimum atomic E-state index is 0.545. The monoisotopic (exact) mass is 203 g/mol. The predicted octanol–water partition coefficient (Wildman–Crippen LogP) is 2.22. The van der Waals surface area contributed by atoms with Crippen molar-refractivity contribution in [3.63, 3.8) is 0 Å². The van der Waals surface area contributed by atoms with E-state index in [9.17, 15) is 0 Å². The van der Waals surface area contributed by atoms with Crippen LogP contribution in [0, 0.1) is 5.92 Å². The van der Waals surface area contributed by atoms with E-state index in [0.29, 0.717) is 12.5 Å². The predicted molar refractivity (Wildman–Crippen MR) is 62.5 cm³/mol. The molecule has 0 atom stereocenters. The Bertz CT molecular complexity index is 457. The molecule has 0 fully saturated rings.